The number of hydrogen-bond acceptors (Lipinski definition) is 4. The van der Waals surface area contributed by atoms with Crippen LogP contribution in [0.5, 0.6) is 0 Å². The van der Waals surface area contributed by atoms with Crippen LogP contribution in [0.4, 0.5) is 0 Å². The van der Waals surface area contributed by atoms with E-state index in [2.05, 4.69) is 140 Å². The van der Waals surface area contributed by atoms with Crippen molar-refractivity contribution >= 4 is 43.5 Å². The summed E-state index contributed by atoms with van der Waals surface area (Å²) in [6.45, 7) is 0. The van der Waals surface area contributed by atoms with Crippen molar-refractivity contribution in [1.29, 1.82) is 0 Å². The molecule has 238 valence electrons. The predicted octanol–water partition coefficient (Wildman–Crippen LogP) is 12.4. The van der Waals surface area contributed by atoms with Gasteiger partial charge in [0.25, 0.3) is 0 Å². The Morgan fingerprint density at radius 3 is 1.80 bits per heavy atom. The lowest BCUT2D eigenvalue weighted by atomic mass is 9.96. The van der Waals surface area contributed by atoms with Gasteiger partial charge >= 0.3 is 0 Å². The number of benzene rings is 8. The molecule has 0 saturated heterocycles. The molecule has 4 nitrogen and oxygen atoms in total. The average Bonchev–Trinajstić information content (AvgIpc) is 3.59. The molecule has 0 amide bonds. The molecule has 8 aromatic carbocycles. The molecule has 0 N–H and O–H groups in total. The molecule has 0 saturated carbocycles. The number of fused-ring (bicyclic) bond motifs is 5. The lowest BCUT2D eigenvalue weighted by Gasteiger charge is -2.12. The van der Waals surface area contributed by atoms with E-state index in [1.54, 1.807) is 0 Å². The van der Waals surface area contributed by atoms with Crippen molar-refractivity contribution in [1.82, 2.24) is 15.0 Å². The monoisotopic (exact) mass is 651 g/mol. The maximum absolute atomic E-state index is 6.47. The zero-order chi connectivity index (χ0) is 33.7. The minimum absolute atomic E-state index is 0.562. The second-order valence-electron chi connectivity index (χ2n) is 12.8. The van der Waals surface area contributed by atoms with E-state index in [1.807, 2.05) is 36.4 Å². The van der Waals surface area contributed by atoms with Crippen molar-refractivity contribution < 1.29 is 4.42 Å². The van der Waals surface area contributed by atoms with E-state index >= 15 is 0 Å². The van der Waals surface area contributed by atoms with E-state index in [9.17, 15) is 0 Å². The van der Waals surface area contributed by atoms with Gasteiger partial charge in [-0.05, 0) is 74.1 Å². The smallest absolute Gasteiger partial charge is 0.167 e. The van der Waals surface area contributed by atoms with E-state index in [0.29, 0.717) is 17.5 Å². The van der Waals surface area contributed by atoms with Gasteiger partial charge in [-0.2, -0.15) is 0 Å². The summed E-state index contributed by atoms with van der Waals surface area (Å²) in [4.78, 5) is 15.6. The van der Waals surface area contributed by atoms with Gasteiger partial charge < -0.3 is 4.42 Å². The van der Waals surface area contributed by atoms with E-state index < -0.39 is 0 Å². The molecular formula is C47H29N3O. The van der Waals surface area contributed by atoms with Crippen molar-refractivity contribution in [3.8, 4) is 56.4 Å². The summed E-state index contributed by atoms with van der Waals surface area (Å²) in [5.74, 6) is 1.77. The van der Waals surface area contributed by atoms with Crippen LogP contribution in [-0.4, -0.2) is 15.0 Å². The summed E-state index contributed by atoms with van der Waals surface area (Å²) in [6.07, 6.45) is 0. The van der Waals surface area contributed by atoms with E-state index in [-0.39, 0.29) is 0 Å². The van der Waals surface area contributed by atoms with Crippen molar-refractivity contribution in [3.05, 3.63) is 176 Å². The van der Waals surface area contributed by atoms with Crippen LogP contribution >= 0.6 is 0 Å². The first-order valence-corrected chi connectivity index (χ1v) is 17.1. The van der Waals surface area contributed by atoms with Crippen LogP contribution < -0.4 is 0 Å². The Morgan fingerprint density at radius 2 is 0.902 bits per heavy atom. The van der Waals surface area contributed by atoms with Gasteiger partial charge in [0.2, 0.25) is 0 Å². The van der Waals surface area contributed by atoms with Crippen LogP contribution in [0.15, 0.2) is 180 Å². The van der Waals surface area contributed by atoms with Gasteiger partial charge in [0.1, 0.15) is 11.2 Å². The Kier molecular flexibility index (Phi) is 6.78. The first kappa shape index (κ1) is 29.0. The van der Waals surface area contributed by atoms with Crippen molar-refractivity contribution in [3.63, 3.8) is 0 Å². The Morgan fingerprint density at radius 1 is 0.314 bits per heavy atom. The van der Waals surface area contributed by atoms with Crippen LogP contribution in [0.25, 0.3) is 99.9 Å². The number of hydrogen-bond donors (Lipinski definition) is 0. The molecule has 0 spiro atoms. The summed E-state index contributed by atoms with van der Waals surface area (Å²) in [7, 11) is 0. The summed E-state index contributed by atoms with van der Waals surface area (Å²) in [6, 6.07) is 61.2. The fourth-order valence-electron chi connectivity index (χ4n) is 7.15. The van der Waals surface area contributed by atoms with Gasteiger partial charge in [-0.1, -0.05) is 146 Å². The molecule has 10 aromatic rings. The van der Waals surface area contributed by atoms with Gasteiger partial charge in [0.05, 0.1) is 5.56 Å². The standard InChI is InChI=1S/C47H29N3O/c1-2-11-30(12-3-1)34-16-8-17-37(28-34)45-48-46(50-47(49-45)41-21-10-19-39-38-18-6-7-22-43(38)51-44(39)41)40-20-9-15-32-24-26-36(29-42(32)40)35-25-23-31-13-4-5-14-33(31)27-35/h1-29H. The van der Waals surface area contributed by atoms with Crippen LogP contribution in [0, 0.1) is 0 Å². The van der Waals surface area contributed by atoms with Crippen molar-refractivity contribution in [2.24, 2.45) is 0 Å². The first-order valence-electron chi connectivity index (χ1n) is 17.1. The molecule has 0 fully saturated rings. The lowest BCUT2D eigenvalue weighted by molar-refractivity contribution is 0.669. The molecule has 2 heterocycles. The first-order chi connectivity index (χ1) is 25.2. The molecule has 0 aliphatic heterocycles. The molecular weight excluding hydrogens is 623 g/mol. The van der Waals surface area contributed by atoms with Crippen LogP contribution in [-0.2, 0) is 0 Å². The van der Waals surface area contributed by atoms with Crippen LogP contribution in [0.2, 0.25) is 0 Å². The van der Waals surface area contributed by atoms with Gasteiger partial charge in [-0.25, -0.2) is 15.0 Å². The van der Waals surface area contributed by atoms with E-state index in [1.165, 1.54) is 10.8 Å². The van der Waals surface area contributed by atoms with E-state index in [4.69, 9.17) is 19.4 Å². The quantitative estimate of drug-likeness (QED) is 0.186. The van der Waals surface area contributed by atoms with Crippen LogP contribution in [0.1, 0.15) is 0 Å². The Balaban J connectivity index is 1.19. The number of furan rings is 1. The second kappa shape index (κ2) is 11.9. The fourth-order valence-corrected chi connectivity index (χ4v) is 7.15. The highest BCUT2D eigenvalue weighted by Gasteiger charge is 2.19. The summed E-state index contributed by atoms with van der Waals surface area (Å²) in [5, 5.41) is 6.73. The molecule has 51 heavy (non-hydrogen) atoms. The summed E-state index contributed by atoms with van der Waals surface area (Å²) < 4.78 is 6.47. The normalized spacial score (nSPS) is 11.5. The molecule has 0 radical (unpaired) electrons. The maximum Gasteiger partial charge on any atom is 0.167 e. The van der Waals surface area contributed by atoms with Gasteiger partial charge in [0.15, 0.2) is 17.5 Å². The molecule has 0 bridgehead atoms. The molecule has 0 aliphatic rings. The lowest BCUT2D eigenvalue weighted by Crippen LogP contribution is -2.01. The molecule has 0 unspecified atom stereocenters. The van der Waals surface area contributed by atoms with Crippen molar-refractivity contribution in [2.45, 2.75) is 0 Å². The molecule has 4 heteroatoms. The zero-order valence-electron chi connectivity index (χ0n) is 27.5. The number of aromatic nitrogens is 3. The molecule has 2 aromatic heterocycles. The van der Waals surface area contributed by atoms with Gasteiger partial charge in [-0.3, -0.25) is 0 Å². The number of nitrogens with zero attached hydrogens (tertiary/aromatic N) is 3. The third-order valence-electron chi connectivity index (χ3n) is 9.71. The van der Waals surface area contributed by atoms with Gasteiger partial charge in [-0.15, -0.1) is 0 Å². The zero-order valence-corrected chi connectivity index (χ0v) is 27.5. The van der Waals surface area contributed by atoms with E-state index in [0.717, 1.165) is 71.7 Å². The minimum atomic E-state index is 0.562. The Bertz CT molecular complexity index is 2930. The Labute approximate surface area is 294 Å². The third kappa shape index (κ3) is 5.13. The number of para-hydroxylation sites is 2. The predicted molar refractivity (Wildman–Crippen MR) is 209 cm³/mol. The van der Waals surface area contributed by atoms with Gasteiger partial charge in [0, 0.05) is 21.9 Å². The van der Waals surface area contributed by atoms with Crippen molar-refractivity contribution in [2.75, 3.05) is 0 Å². The maximum atomic E-state index is 6.47. The Hall–Kier alpha value is -6.91. The van der Waals surface area contributed by atoms with Crippen LogP contribution in [0.3, 0.4) is 0 Å². The minimum Gasteiger partial charge on any atom is -0.455 e. The fraction of sp³-hybridized carbons (Fsp3) is 0. The topological polar surface area (TPSA) is 51.8 Å². The molecule has 10 rings (SSSR count). The highest BCUT2D eigenvalue weighted by atomic mass is 16.3. The second-order valence-corrected chi connectivity index (χ2v) is 12.8. The SMILES string of the molecule is c1ccc(-c2cccc(-c3nc(-c4cccc5ccc(-c6ccc7ccccc7c6)cc45)nc(-c4cccc5c4oc4ccccc45)n3)c2)cc1. The highest BCUT2D eigenvalue weighted by Crippen LogP contribution is 2.38. The molecule has 0 atom stereocenters. The third-order valence-corrected chi connectivity index (χ3v) is 9.71. The largest absolute Gasteiger partial charge is 0.455 e. The summed E-state index contributed by atoms with van der Waals surface area (Å²) in [5.41, 5.74) is 8.81. The average molecular weight is 652 g/mol. The number of rotatable bonds is 5. The summed E-state index contributed by atoms with van der Waals surface area (Å²) >= 11 is 0. The highest BCUT2D eigenvalue weighted by molar-refractivity contribution is 6.09. The molecule has 0 aliphatic carbocycles.